The van der Waals surface area contributed by atoms with Crippen molar-refractivity contribution in [3.63, 3.8) is 0 Å². The minimum Gasteiger partial charge on any atom is -0.493 e. The molecule has 3 N–H and O–H groups in total. The number of hydrogen-bond acceptors (Lipinski definition) is 4. The van der Waals surface area contributed by atoms with Crippen molar-refractivity contribution in [1.29, 1.82) is 0 Å². The van der Waals surface area contributed by atoms with E-state index in [0.29, 0.717) is 11.4 Å². The van der Waals surface area contributed by atoms with E-state index >= 15 is 0 Å². The number of primary amides is 1. The van der Waals surface area contributed by atoms with Crippen LogP contribution in [0.25, 0.3) is 0 Å². The van der Waals surface area contributed by atoms with Crippen LogP contribution in [0.1, 0.15) is 13.3 Å². The normalized spacial score (nSPS) is 11.7. The molecule has 1 aromatic carbocycles. The highest BCUT2D eigenvalue weighted by molar-refractivity contribution is 5.93. The Kier molecular flexibility index (Phi) is 5.81. The van der Waals surface area contributed by atoms with Crippen LogP contribution in [0.2, 0.25) is 0 Å². The summed E-state index contributed by atoms with van der Waals surface area (Å²) < 4.78 is 10.2. The predicted octanol–water partition coefficient (Wildman–Crippen LogP) is 0.914. The summed E-state index contributed by atoms with van der Waals surface area (Å²) in [7, 11) is 1.47. The highest BCUT2D eigenvalue weighted by Crippen LogP contribution is 2.16. The summed E-state index contributed by atoms with van der Waals surface area (Å²) in [5.74, 6) is -0.0126. The molecule has 1 atom stereocenters. The Morgan fingerprint density at radius 3 is 2.47 bits per heavy atom. The highest BCUT2D eigenvalue weighted by atomic mass is 16.5. The molecule has 0 saturated heterocycles. The molecule has 0 fully saturated rings. The molecule has 6 nitrogen and oxygen atoms in total. The lowest BCUT2D eigenvalue weighted by atomic mass is 10.3. The maximum Gasteiger partial charge on any atom is 0.253 e. The van der Waals surface area contributed by atoms with Crippen molar-refractivity contribution in [2.75, 3.05) is 19.0 Å². The topological polar surface area (TPSA) is 90.7 Å². The highest BCUT2D eigenvalue weighted by Gasteiger charge is 2.11. The fourth-order valence-corrected chi connectivity index (χ4v) is 1.25. The SMILES string of the molecule is COC(C)C(=O)Nc1ccc(OCCC(N)=O)cc1. The number of rotatable bonds is 7. The van der Waals surface area contributed by atoms with Gasteiger partial charge in [-0.1, -0.05) is 0 Å². The van der Waals surface area contributed by atoms with Gasteiger partial charge in [0.25, 0.3) is 5.91 Å². The van der Waals surface area contributed by atoms with E-state index in [-0.39, 0.29) is 18.9 Å². The molecule has 104 valence electrons. The minimum atomic E-state index is -0.508. The average Bonchev–Trinajstić information content (AvgIpc) is 2.39. The van der Waals surface area contributed by atoms with Crippen molar-refractivity contribution in [1.82, 2.24) is 0 Å². The van der Waals surface area contributed by atoms with Gasteiger partial charge in [-0.2, -0.15) is 0 Å². The van der Waals surface area contributed by atoms with Gasteiger partial charge in [0, 0.05) is 12.8 Å². The molecule has 1 unspecified atom stereocenters. The van der Waals surface area contributed by atoms with Gasteiger partial charge in [0.1, 0.15) is 11.9 Å². The summed E-state index contributed by atoms with van der Waals surface area (Å²) >= 11 is 0. The van der Waals surface area contributed by atoms with E-state index in [2.05, 4.69) is 5.32 Å². The van der Waals surface area contributed by atoms with Crippen LogP contribution < -0.4 is 15.8 Å². The Balaban J connectivity index is 2.47. The third-order valence-electron chi connectivity index (χ3n) is 2.46. The molecule has 0 aliphatic rings. The van der Waals surface area contributed by atoms with Crippen LogP contribution in [0, 0.1) is 0 Å². The largest absolute Gasteiger partial charge is 0.493 e. The number of carbonyl (C=O) groups is 2. The van der Waals surface area contributed by atoms with Crippen molar-refractivity contribution in [2.45, 2.75) is 19.4 Å². The number of ether oxygens (including phenoxy) is 2. The summed E-state index contributed by atoms with van der Waals surface area (Å²) in [6.07, 6.45) is -0.337. The number of nitrogens with one attached hydrogen (secondary N) is 1. The van der Waals surface area contributed by atoms with Crippen LogP contribution >= 0.6 is 0 Å². The second-order valence-corrected chi connectivity index (χ2v) is 3.96. The Hall–Kier alpha value is -2.08. The zero-order valence-corrected chi connectivity index (χ0v) is 11.0. The van der Waals surface area contributed by atoms with Crippen LogP contribution in [-0.2, 0) is 14.3 Å². The average molecular weight is 266 g/mol. The quantitative estimate of drug-likeness (QED) is 0.767. The lowest BCUT2D eigenvalue weighted by Crippen LogP contribution is -2.26. The zero-order valence-electron chi connectivity index (χ0n) is 11.0. The molecule has 2 amide bonds. The zero-order chi connectivity index (χ0) is 14.3. The summed E-state index contributed by atoms with van der Waals surface area (Å²) in [6.45, 7) is 1.90. The van der Waals surface area contributed by atoms with E-state index in [4.69, 9.17) is 15.2 Å². The first kappa shape index (κ1) is 15.0. The van der Waals surface area contributed by atoms with Crippen molar-refractivity contribution in [3.05, 3.63) is 24.3 Å². The fourth-order valence-electron chi connectivity index (χ4n) is 1.25. The molecule has 19 heavy (non-hydrogen) atoms. The summed E-state index contributed by atoms with van der Waals surface area (Å²) in [5, 5.41) is 2.70. The van der Waals surface area contributed by atoms with E-state index in [1.54, 1.807) is 31.2 Å². The number of benzene rings is 1. The smallest absolute Gasteiger partial charge is 0.253 e. The van der Waals surface area contributed by atoms with Crippen molar-refractivity contribution >= 4 is 17.5 Å². The molecule has 1 aromatic rings. The molecular weight excluding hydrogens is 248 g/mol. The van der Waals surface area contributed by atoms with Gasteiger partial charge in [-0.3, -0.25) is 9.59 Å². The van der Waals surface area contributed by atoms with Crippen LogP contribution in [-0.4, -0.2) is 31.6 Å². The molecule has 0 aliphatic carbocycles. The molecule has 0 heterocycles. The number of hydrogen-bond donors (Lipinski definition) is 2. The third-order valence-corrected chi connectivity index (χ3v) is 2.46. The lowest BCUT2D eigenvalue weighted by molar-refractivity contribution is -0.124. The summed E-state index contributed by atoms with van der Waals surface area (Å²) in [4.78, 5) is 22.1. The van der Waals surface area contributed by atoms with E-state index in [9.17, 15) is 9.59 Å². The predicted molar refractivity (Wildman–Crippen MR) is 70.8 cm³/mol. The van der Waals surface area contributed by atoms with Gasteiger partial charge in [-0.15, -0.1) is 0 Å². The number of anilines is 1. The van der Waals surface area contributed by atoms with Gasteiger partial charge in [0.05, 0.1) is 13.0 Å². The Bertz CT molecular complexity index is 431. The second-order valence-electron chi connectivity index (χ2n) is 3.96. The van der Waals surface area contributed by atoms with Gasteiger partial charge >= 0.3 is 0 Å². The molecule has 6 heteroatoms. The van der Waals surface area contributed by atoms with E-state index < -0.39 is 12.0 Å². The third kappa shape index (κ3) is 5.39. The molecule has 0 aromatic heterocycles. The van der Waals surface area contributed by atoms with Gasteiger partial charge in [-0.25, -0.2) is 0 Å². The Labute approximate surface area is 111 Å². The second kappa shape index (κ2) is 7.38. The molecule has 1 rings (SSSR count). The number of amides is 2. The van der Waals surface area contributed by atoms with Crippen molar-refractivity contribution < 1.29 is 19.1 Å². The van der Waals surface area contributed by atoms with E-state index in [0.717, 1.165) is 0 Å². The summed E-state index contributed by atoms with van der Waals surface area (Å²) in [6, 6.07) is 6.82. The van der Waals surface area contributed by atoms with Gasteiger partial charge in [-0.05, 0) is 31.2 Å². The Morgan fingerprint density at radius 1 is 1.32 bits per heavy atom. The van der Waals surface area contributed by atoms with Crippen molar-refractivity contribution in [3.8, 4) is 5.75 Å². The van der Waals surface area contributed by atoms with Gasteiger partial charge < -0.3 is 20.5 Å². The first-order valence-electron chi connectivity index (χ1n) is 5.87. The van der Waals surface area contributed by atoms with Crippen LogP contribution in [0.4, 0.5) is 5.69 Å². The van der Waals surface area contributed by atoms with Gasteiger partial charge in [0.15, 0.2) is 0 Å². The van der Waals surface area contributed by atoms with Crippen molar-refractivity contribution in [2.24, 2.45) is 5.73 Å². The minimum absolute atomic E-state index is 0.170. The number of methoxy groups -OCH3 is 1. The molecule has 0 saturated carbocycles. The van der Waals surface area contributed by atoms with E-state index in [1.807, 2.05) is 0 Å². The summed E-state index contributed by atoms with van der Waals surface area (Å²) in [5.41, 5.74) is 5.65. The first-order valence-corrected chi connectivity index (χ1v) is 5.87. The van der Waals surface area contributed by atoms with Crippen LogP contribution in [0.3, 0.4) is 0 Å². The molecule has 0 radical (unpaired) electrons. The monoisotopic (exact) mass is 266 g/mol. The number of nitrogens with two attached hydrogens (primary N) is 1. The number of carbonyl (C=O) groups excluding carboxylic acids is 2. The Morgan fingerprint density at radius 2 is 1.95 bits per heavy atom. The maximum atomic E-state index is 11.6. The van der Waals surface area contributed by atoms with Gasteiger partial charge in [0.2, 0.25) is 5.91 Å². The molecule has 0 spiro atoms. The van der Waals surface area contributed by atoms with Crippen LogP contribution in [0.5, 0.6) is 5.75 Å². The maximum absolute atomic E-state index is 11.6. The standard InChI is InChI=1S/C13H18N2O4/c1-9(18-2)13(17)15-10-3-5-11(6-4-10)19-8-7-12(14)16/h3-6,9H,7-8H2,1-2H3,(H2,14,16)(H,15,17). The van der Waals surface area contributed by atoms with Crippen LogP contribution in [0.15, 0.2) is 24.3 Å². The molecule has 0 bridgehead atoms. The van der Waals surface area contributed by atoms with E-state index in [1.165, 1.54) is 7.11 Å². The lowest BCUT2D eigenvalue weighted by Gasteiger charge is -2.11. The fraction of sp³-hybridized carbons (Fsp3) is 0.385. The first-order chi connectivity index (χ1) is 9.02. The molecule has 0 aliphatic heterocycles. The molecular formula is C13H18N2O4.